The summed E-state index contributed by atoms with van der Waals surface area (Å²) in [4.78, 5) is 27.2. The van der Waals surface area contributed by atoms with Crippen molar-refractivity contribution < 1.29 is 14.7 Å². The van der Waals surface area contributed by atoms with E-state index in [1.807, 2.05) is 54.8 Å². The molecule has 178 valence electrons. The molecule has 1 aliphatic heterocycles. The molecular formula is C25H33N3O3S2. The van der Waals surface area contributed by atoms with Gasteiger partial charge in [-0.2, -0.15) is 24.4 Å². The van der Waals surface area contributed by atoms with Gasteiger partial charge in [-0.25, -0.2) is 4.79 Å². The molecule has 6 nitrogen and oxygen atoms in total. The van der Waals surface area contributed by atoms with Gasteiger partial charge in [0.2, 0.25) is 0 Å². The van der Waals surface area contributed by atoms with Crippen LogP contribution in [0.3, 0.4) is 0 Å². The molecule has 0 spiro atoms. The minimum atomic E-state index is -0.966. The fourth-order valence-corrected chi connectivity index (χ4v) is 4.85. The lowest BCUT2D eigenvalue weighted by atomic mass is 10.1. The predicted molar refractivity (Wildman–Crippen MR) is 140 cm³/mol. The Labute approximate surface area is 205 Å². The number of benzene rings is 2. The van der Waals surface area contributed by atoms with Gasteiger partial charge < -0.3 is 20.6 Å². The molecule has 0 aliphatic carbocycles. The Hall–Kier alpha value is -2.16. The third-order valence-electron chi connectivity index (χ3n) is 5.95. The molecular weight excluding hydrogens is 454 g/mol. The number of nitrogens with one attached hydrogen (secondary N) is 2. The van der Waals surface area contributed by atoms with Gasteiger partial charge in [-0.3, -0.25) is 4.79 Å². The number of rotatable bonds is 12. The summed E-state index contributed by atoms with van der Waals surface area (Å²) in [5, 5.41) is 17.1. The smallest absolute Gasteiger partial charge is 0.326 e. The van der Waals surface area contributed by atoms with E-state index in [0.29, 0.717) is 36.0 Å². The van der Waals surface area contributed by atoms with Gasteiger partial charge in [0.05, 0.1) is 0 Å². The van der Waals surface area contributed by atoms with Crippen LogP contribution in [0.5, 0.6) is 0 Å². The average Bonchev–Trinajstić information content (AvgIpc) is 3.24. The Kier molecular flexibility index (Phi) is 9.96. The largest absolute Gasteiger partial charge is 0.480 e. The van der Waals surface area contributed by atoms with Crippen molar-refractivity contribution in [2.45, 2.75) is 36.6 Å². The SMILES string of the molecule is CSCC[C@@H](C(=O)O)N(CCc1ccccc1)C(=O)c1cccc(NC[C@@H]2NCC[C@H]2S)c1. The van der Waals surface area contributed by atoms with Gasteiger partial charge in [0.25, 0.3) is 5.91 Å². The van der Waals surface area contributed by atoms with Gasteiger partial charge in [-0.1, -0.05) is 36.4 Å². The van der Waals surface area contributed by atoms with Gasteiger partial charge in [-0.05, 0) is 61.6 Å². The van der Waals surface area contributed by atoms with E-state index in [9.17, 15) is 14.7 Å². The first-order chi connectivity index (χ1) is 16.0. The maximum atomic E-state index is 13.5. The van der Waals surface area contributed by atoms with E-state index in [2.05, 4.69) is 23.3 Å². The molecule has 0 aromatic heterocycles. The number of hydrogen-bond acceptors (Lipinski definition) is 6. The average molecular weight is 488 g/mol. The fraction of sp³-hybridized carbons (Fsp3) is 0.440. The molecule has 3 N–H and O–H groups in total. The normalized spacial score (nSPS) is 18.6. The first-order valence-corrected chi connectivity index (χ1v) is 13.2. The number of amides is 1. The summed E-state index contributed by atoms with van der Waals surface area (Å²) >= 11 is 6.20. The second-order valence-electron chi connectivity index (χ2n) is 8.25. The first-order valence-electron chi connectivity index (χ1n) is 11.3. The number of carbonyl (C=O) groups excluding carboxylic acids is 1. The summed E-state index contributed by atoms with van der Waals surface area (Å²) in [6.07, 6.45) is 3.99. The van der Waals surface area contributed by atoms with Crippen LogP contribution >= 0.6 is 24.4 Å². The molecule has 0 saturated carbocycles. The highest BCUT2D eigenvalue weighted by atomic mass is 32.2. The molecule has 3 rings (SSSR count). The van der Waals surface area contributed by atoms with Gasteiger partial charge in [0, 0.05) is 35.6 Å². The minimum absolute atomic E-state index is 0.255. The van der Waals surface area contributed by atoms with Crippen molar-refractivity contribution in [3.05, 3.63) is 65.7 Å². The number of carboxylic acid groups (broad SMARTS) is 1. The van der Waals surface area contributed by atoms with Gasteiger partial charge >= 0.3 is 5.97 Å². The number of thiol groups is 1. The van der Waals surface area contributed by atoms with E-state index in [1.165, 1.54) is 4.90 Å². The van der Waals surface area contributed by atoms with Gasteiger partial charge in [-0.15, -0.1) is 0 Å². The third-order valence-corrected chi connectivity index (χ3v) is 7.21. The predicted octanol–water partition coefficient (Wildman–Crippen LogP) is 3.65. The van der Waals surface area contributed by atoms with E-state index in [-0.39, 0.29) is 11.9 Å². The van der Waals surface area contributed by atoms with E-state index >= 15 is 0 Å². The summed E-state index contributed by atoms with van der Waals surface area (Å²) in [5.74, 6) is -0.548. The second-order valence-corrected chi connectivity index (χ2v) is 9.90. The minimum Gasteiger partial charge on any atom is -0.480 e. The first kappa shape index (κ1) is 25.5. The second kappa shape index (κ2) is 12.9. The molecule has 1 saturated heterocycles. The number of carboxylic acids is 1. The van der Waals surface area contributed by atoms with Crippen LogP contribution in [0.15, 0.2) is 54.6 Å². The molecule has 3 atom stereocenters. The highest BCUT2D eigenvalue weighted by molar-refractivity contribution is 7.98. The van der Waals surface area contributed by atoms with E-state index in [4.69, 9.17) is 0 Å². The number of aliphatic carboxylic acids is 1. The summed E-state index contributed by atoms with van der Waals surface area (Å²) in [7, 11) is 0. The van der Waals surface area contributed by atoms with Crippen molar-refractivity contribution in [1.29, 1.82) is 0 Å². The lowest BCUT2D eigenvalue weighted by molar-refractivity contribution is -0.142. The molecule has 0 radical (unpaired) electrons. The molecule has 33 heavy (non-hydrogen) atoms. The monoisotopic (exact) mass is 487 g/mol. The lowest BCUT2D eigenvalue weighted by Gasteiger charge is -2.29. The zero-order valence-corrected chi connectivity index (χ0v) is 20.7. The van der Waals surface area contributed by atoms with E-state index in [0.717, 1.165) is 30.8 Å². The van der Waals surface area contributed by atoms with Crippen molar-refractivity contribution >= 4 is 42.0 Å². The quantitative estimate of drug-likeness (QED) is 0.342. The van der Waals surface area contributed by atoms with Crippen molar-refractivity contribution in [2.75, 3.05) is 37.0 Å². The van der Waals surface area contributed by atoms with Crippen LogP contribution in [-0.4, -0.2) is 70.9 Å². The van der Waals surface area contributed by atoms with Gasteiger partial charge in [0.15, 0.2) is 0 Å². The lowest BCUT2D eigenvalue weighted by Crippen LogP contribution is -2.46. The molecule has 1 fully saturated rings. The number of hydrogen-bond donors (Lipinski definition) is 4. The van der Waals surface area contributed by atoms with Crippen LogP contribution in [-0.2, 0) is 11.2 Å². The topological polar surface area (TPSA) is 81.7 Å². The Morgan fingerprint density at radius 1 is 1.24 bits per heavy atom. The fourth-order valence-electron chi connectivity index (χ4n) is 4.05. The van der Waals surface area contributed by atoms with Crippen molar-refractivity contribution in [3.8, 4) is 0 Å². The number of anilines is 1. The highest BCUT2D eigenvalue weighted by Gasteiger charge is 2.30. The third kappa shape index (κ3) is 7.42. The molecule has 0 unspecified atom stereocenters. The molecule has 0 bridgehead atoms. The van der Waals surface area contributed by atoms with Crippen molar-refractivity contribution in [1.82, 2.24) is 10.2 Å². The Morgan fingerprint density at radius 2 is 2.03 bits per heavy atom. The van der Waals surface area contributed by atoms with Crippen LogP contribution in [0.2, 0.25) is 0 Å². The maximum Gasteiger partial charge on any atom is 0.326 e. The standard InChI is InChI=1S/C25H33N3O3S2/c1-33-15-12-22(25(30)31)28(14-11-18-6-3-2-4-7-18)24(29)19-8-5-9-20(16-19)27-17-21-23(32)10-13-26-21/h2-9,16,21-23,26-27,32H,10-15,17H2,1H3,(H,30,31)/t21-,22-,23+/m0/s1. The Bertz CT molecular complexity index is 913. The number of nitrogens with zero attached hydrogens (tertiary/aromatic N) is 1. The van der Waals surface area contributed by atoms with E-state index < -0.39 is 12.0 Å². The van der Waals surface area contributed by atoms with Crippen LogP contribution < -0.4 is 10.6 Å². The number of carbonyl (C=O) groups is 2. The summed E-state index contributed by atoms with van der Waals surface area (Å²) < 4.78 is 0. The molecule has 2 aromatic rings. The zero-order chi connectivity index (χ0) is 23.6. The van der Waals surface area contributed by atoms with Crippen LogP contribution in [0.4, 0.5) is 5.69 Å². The maximum absolute atomic E-state index is 13.5. The summed E-state index contributed by atoms with van der Waals surface area (Å²) in [6, 6.07) is 16.6. The molecule has 1 heterocycles. The van der Waals surface area contributed by atoms with Crippen LogP contribution in [0.25, 0.3) is 0 Å². The van der Waals surface area contributed by atoms with Gasteiger partial charge in [0.1, 0.15) is 6.04 Å². The molecule has 1 aliphatic rings. The molecule has 8 heteroatoms. The van der Waals surface area contributed by atoms with Crippen LogP contribution in [0, 0.1) is 0 Å². The van der Waals surface area contributed by atoms with E-state index in [1.54, 1.807) is 17.8 Å². The Morgan fingerprint density at radius 3 is 2.70 bits per heavy atom. The van der Waals surface area contributed by atoms with Crippen LogP contribution in [0.1, 0.15) is 28.8 Å². The summed E-state index contributed by atoms with van der Waals surface area (Å²) in [6.45, 7) is 2.02. The van der Waals surface area contributed by atoms with Crippen molar-refractivity contribution in [2.24, 2.45) is 0 Å². The molecule has 1 amide bonds. The number of thioether (sulfide) groups is 1. The zero-order valence-electron chi connectivity index (χ0n) is 18.9. The van der Waals surface area contributed by atoms with Crippen molar-refractivity contribution in [3.63, 3.8) is 0 Å². The Balaban J connectivity index is 1.76. The summed E-state index contributed by atoms with van der Waals surface area (Å²) in [5.41, 5.74) is 2.41. The molecule has 2 aromatic carbocycles. The highest BCUT2D eigenvalue weighted by Crippen LogP contribution is 2.19.